The molecule has 16 heavy (non-hydrogen) atoms. The number of unbranched alkanes of at least 4 members (excludes halogenated alkanes) is 1. The summed E-state index contributed by atoms with van der Waals surface area (Å²) in [4.78, 5) is 4.39. The molecule has 0 aliphatic rings. The molecule has 4 heteroatoms. The number of hydrogen-bond donors (Lipinski definition) is 3. The lowest BCUT2D eigenvalue weighted by Gasteiger charge is -2.24. The van der Waals surface area contributed by atoms with Crippen molar-refractivity contribution in [1.29, 1.82) is 0 Å². The first-order chi connectivity index (χ1) is 7.69. The van der Waals surface area contributed by atoms with Gasteiger partial charge in [-0.05, 0) is 19.3 Å². The van der Waals surface area contributed by atoms with E-state index in [4.69, 9.17) is 5.84 Å². The molecule has 0 aromatic heterocycles. The van der Waals surface area contributed by atoms with Gasteiger partial charge in [0.25, 0.3) is 0 Å². The number of hydrogen-bond acceptors (Lipinski definition) is 2. The summed E-state index contributed by atoms with van der Waals surface area (Å²) in [5.41, 5.74) is 2.63. The van der Waals surface area contributed by atoms with Crippen LogP contribution in [0.15, 0.2) is 4.99 Å². The molecule has 0 aromatic carbocycles. The molecule has 0 aliphatic heterocycles. The maximum absolute atomic E-state index is 5.44. The zero-order chi connectivity index (χ0) is 12.4. The zero-order valence-electron chi connectivity index (χ0n) is 11.2. The average molecular weight is 228 g/mol. The first-order valence-electron chi connectivity index (χ1n) is 6.47. The molecule has 4 nitrogen and oxygen atoms in total. The highest BCUT2D eigenvalue weighted by atomic mass is 15.3. The predicted molar refractivity (Wildman–Crippen MR) is 71.2 cm³/mol. The van der Waals surface area contributed by atoms with E-state index >= 15 is 0 Å². The standard InChI is InChI=1S/C12H28N4/c1-5-8-9-14-12(16-13)15-10(4)11(6-2)7-3/h10-11H,5-9,13H2,1-4H3,(H2,14,15,16). The van der Waals surface area contributed by atoms with E-state index in [9.17, 15) is 0 Å². The van der Waals surface area contributed by atoms with Crippen molar-refractivity contribution >= 4 is 5.96 Å². The monoisotopic (exact) mass is 228 g/mol. The molecule has 1 atom stereocenters. The molecule has 96 valence electrons. The van der Waals surface area contributed by atoms with Crippen molar-refractivity contribution in [3.8, 4) is 0 Å². The Morgan fingerprint density at radius 3 is 2.31 bits per heavy atom. The molecular formula is C12H28N4. The van der Waals surface area contributed by atoms with Gasteiger partial charge < -0.3 is 5.32 Å². The maximum atomic E-state index is 5.44. The third-order valence-corrected chi connectivity index (χ3v) is 3.04. The minimum Gasteiger partial charge on any atom is -0.353 e. The van der Waals surface area contributed by atoms with E-state index in [2.05, 4.69) is 43.4 Å². The molecule has 0 heterocycles. The van der Waals surface area contributed by atoms with Crippen molar-refractivity contribution in [2.75, 3.05) is 6.54 Å². The molecule has 0 rings (SSSR count). The summed E-state index contributed by atoms with van der Waals surface area (Å²) in [5, 5.41) is 3.34. The highest BCUT2D eigenvalue weighted by molar-refractivity contribution is 5.79. The van der Waals surface area contributed by atoms with Crippen LogP contribution in [-0.2, 0) is 0 Å². The van der Waals surface area contributed by atoms with E-state index in [-0.39, 0.29) is 0 Å². The van der Waals surface area contributed by atoms with Crippen LogP contribution in [0.3, 0.4) is 0 Å². The third kappa shape index (κ3) is 5.95. The highest BCUT2D eigenvalue weighted by Gasteiger charge is 2.13. The Hall–Kier alpha value is -0.770. The van der Waals surface area contributed by atoms with Gasteiger partial charge >= 0.3 is 0 Å². The van der Waals surface area contributed by atoms with E-state index in [0.29, 0.717) is 17.9 Å². The molecule has 0 aromatic rings. The Morgan fingerprint density at radius 2 is 1.88 bits per heavy atom. The van der Waals surface area contributed by atoms with Crippen molar-refractivity contribution < 1.29 is 0 Å². The van der Waals surface area contributed by atoms with Gasteiger partial charge in [-0.3, -0.25) is 10.4 Å². The first kappa shape index (κ1) is 15.2. The van der Waals surface area contributed by atoms with Gasteiger partial charge in [0.15, 0.2) is 0 Å². The zero-order valence-corrected chi connectivity index (χ0v) is 11.2. The minimum atomic E-state index is 0.409. The van der Waals surface area contributed by atoms with Gasteiger partial charge in [0.2, 0.25) is 5.96 Å². The molecule has 0 saturated heterocycles. The SMILES string of the molecule is CCCCN=C(NN)NC(C)C(CC)CC. The van der Waals surface area contributed by atoms with E-state index in [1.807, 2.05) is 0 Å². The van der Waals surface area contributed by atoms with Gasteiger partial charge in [-0.2, -0.15) is 0 Å². The van der Waals surface area contributed by atoms with Crippen LogP contribution in [0.2, 0.25) is 0 Å². The molecular weight excluding hydrogens is 200 g/mol. The van der Waals surface area contributed by atoms with Gasteiger partial charge in [0.1, 0.15) is 0 Å². The highest BCUT2D eigenvalue weighted by Crippen LogP contribution is 2.12. The fraction of sp³-hybridized carbons (Fsp3) is 0.917. The smallest absolute Gasteiger partial charge is 0.205 e. The van der Waals surface area contributed by atoms with Crippen LogP contribution in [0.5, 0.6) is 0 Å². The predicted octanol–water partition coefficient (Wildman–Crippen LogP) is 2.02. The summed E-state index contributed by atoms with van der Waals surface area (Å²) in [5.74, 6) is 6.83. The Balaban J connectivity index is 4.13. The third-order valence-electron chi connectivity index (χ3n) is 3.04. The molecule has 0 aliphatic carbocycles. The van der Waals surface area contributed by atoms with Crippen molar-refractivity contribution in [2.45, 2.75) is 59.4 Å². The van der Waals surface area contributed by atoms with Crippen molar-refractivity contribution in [1.82, 2.24) is 10.7 Å². The van der Waals surface area contributed by atoms with E-state index in [1.165, 1.54) is 12.8 Å². The van der Waals surface area contributed by atoms with Crippen molar-refractivity contribution in [3.63, 3.8) is 0 Å². The Morgan fingerprint density at radius 1 is 1.25 bits per heavy atom. The first-order valence-corrected chi connectivity index (χ1v) is 6.47. The van der Waals surface area contributed by atoms with Gasteiger partial charge in [-0.15, -0.1) is 0 Å². The fourth-order valence-electron chi connectivity index (χ4n) is 1.81. The maximum Gasteiger partial charge on any atom is 0.205 e. The van der Waals surface area contributed by atoms with Gasteiger partial charge in [0.05, 0.1) is 0 Å². The molecule has 0 fully saturated rings. The van der Waals surface area contributed by atoms with Crippen LogP contribution in [0.4, 0.5) is 0 Å². The molecule has 0 saturated carbocycles. The van der Waals surface area contributed by atoms with Crippen LogP contribution in [0.25, 0.3) is 0 Å². The largest absolute Gasteiger partial charge is 0.353 e. The lowest BCUT2D eigenvalue weighted by atomic mass is 9.96. The molecule has 0 amide bonds. The van der Waals surface area contributed by atoms with Crippen molar-refractivity contribution in [3.05, 3.63) is 0 Å². The molecule has 0 bridgehead atoms. The molecule has 0 spiro atoms. The number of rotatable bonds is 7. The lowest BCUT2D eigenvalue weighted by Crippen LogP contribution is -2.47. The van der Waals surface area contributed by atoms with Crippen LogP contribution in [-0.4, -0.2) is 18.5 Å². The Kier molecular flexibility index (Phi) is 9.00. The summed E-state index contributed by atoms with van der Waals surface area (Å²) in [7, 11) is 0. The number of guanidine groups is 1. The summed E-state index contributed by atoms with van der Waals surface area (Å²) in [6.45, 7) is 9.61. The second kappa shape index (κ2) is 9.46. The number of nitrogens with zero attached hydrogens (tertiary/aromatic N) is 1. The van der Waals surface area contributed by atoms with Crippen LogP contribution >= 0.6 is 0 Å². The van der Waals surface area contributed by atoms with E-state index < -0.39 is 0 Å². The summed E-state index contributed by atoms with van der Waals surface area (Å²) in [6, 6.07) is 0.409. The Bertz CT molecular complexity index is 187. The van der Waals surface area contributed by atoms with E-state index in [1.54, 1.807) is 0 Å². The number of hydrazine groups is 1. The number of nitrogens with two attached hydrogens (primary N) is 1. The minimum absolute atomic E-state index is 0.409. The number of aliphatic imine (C=N–C) groups is 1. The van der Waals surface area contributed by atoms with Crippen molar-refractivity contribution in [2.24, 2.45) is 16.8 Å². The quantitative estimate of drug-likeness (QED) is 0.205. The van der Waals surface area contributed by atoms with Crippen LogP contribution in [0.1, 0.15) is 53.4 Å². The molecule has 4 N–H and O–H groups in total. The summed E-state index contributed by atoms with van der Waals surface area (Å²) < 4.78 is 0. The fourth-order valence-corrected chi connectivity index (χ4v) is 1.81. The van der Waals surface area contributed by atoms with Gasteiger partial charge in [-0.25, -0.2) is 5.84 Å². The van der Waals surface area contributed by atoms with Crippen LogP contribution < -0.4 is 16.6 Å². The average Bonchev–Trinajstić information content (AvgIpc) is 2.29. The summed E-state index contributed by atoms with van der Waals surface area (Å²) >= 11 is 0. The molecule has 0 radical (unpaired) electrons. The van der Waals surface area contributed by atoms with Gasteiger partial charge in [-0.1, -0.05) is 40.0 Å². The molecule has 1 unspecified atom stereocenters. The van der Waals surface area contributed by atoms with Gasteiger partial charge in [0, 0.05) is 12.6 Å². The second-order valence-corrected chi connectivity index (χ2v) is 4.24. The summed E-state index contributed by atoms with van der Waals surface area (Å²) in [6.07, 6.45) is 4.62. The number of nitrogens with one attached hydrogen (secondary N) is 2. The topological polar surface area (TPSA) is 62.4 Å². The Labute approximate surface area is 100 Å². The normalized spacial score (nSPS) is 14.0. The van der Waals surface area contributed by atoms with Crippen LogP contribution in [0, 0.1) is 5.92 Å². The lowest BCUT2D eigenvalue weighted by molar-refractivity contribution is 0.388. The second-order valence-electron chi connectivity index (χ2n) is 4.24. The van der Waals surface area contributed by atoms with E-state index in [0.717, 1.165) is 19.4 Å².